The second kappa shape index (κ2) is 8.45. The molecule has 2 fully saturated rings. The summed E-state index contributed by atoms with van der Waals surface area (Å²) in [7, 11) is 1.66. The number of ether oxygens (including phenoxy) is 1. The second-order valence-electron chi connectivity index (χ2n) is 11.7. The molecule has 2 aliphatic carbocycles. The van der Waals surface area contributed by atoms with Gasteiger partial charge in [0.25, 0.3) is 0 Å². The molecule has 0 spiro atoms. The molecule has 3 aromatic heterocycles. The predicted octanol–water partition coefficient (Wildman–Crippen LogP) is 5.01. The zero-order valence-electron chi connectivity index (χ0n) is 21.8. The van der Waals surface area contributed by atoms with Gasteiger partial charge < -0.3 is 24.9 Å². The lowest BCUT2D eigenvalue weighted by molar-refractivity contribution is 0.175. The highest BCUT2D eigenvalue weighted by atomic mass is 16.5. The predicted molar refractivity (Wildman–Crippen MR) is 137 cm³/mol. The van der Waals surface area contributed by atoms with E-state index in [2.05, 4.69) is 50.2 Å². The van der Waals surface area contributed by atoms with Crippen molar-refractivity contribution in [3.8, 4) is 11.3 Å². The Labute approximate surface area is 206 Å². The van der Waals surface area contributed by atoms with Gasteiger partial charge >= 0.3 is 0 Å². The summed E-state index contributed by atoms with van der Waals surface area (Å²) in [5.41, 5.74) is 3.34. The number of aryl methyl sites for hydroxylation is 1. The van der Waals surface area contributed by atoms with Gasteiger partial charge in [-0.2, -0.15) is 4.98 Å². The molecule has 2 saturated carbocycles. The summed E-state index contributed by atoms with van der Waals surface area (Å²) >= 11 is 0. The summed E-state index contributed by atoms with van der Waals surface area (Å²) in [6.45, 7) is 14.2. The number of rotatable bonds is 7. The average molecular weight is 480 g/mol. The number of hydrogen-bond donors (Lipinski definition) is 3. The van der Waals surface area contributed by atoms with Gasteiger partial charge in [0.2, 0.25) is 5.95 Å². The number of nitrogens with one attached hydrogen (secondary N) is 2. The quantitative estimate of drug-likeness (QED) is 0.434. The van der Waals surface area contributed by atoms with Crippen molar-refractivity contribution >= 4 is 22.7 Å². The summed E-state index contributed by atoms with van der Waals surface area (Å²) in [6, 6.07) is 4.23. The third-order valence-corrected chi connectivity index (χ3v) is 7.99. The molecule has 35 heavy (non-hydrogen) atoms. The lowest BCUT2D eigenvalue weighted by atomic mass is 9.90. The lowest BCUT2D eigenvalue weighted by Gasteiger charge is -2.27. The molecule has 3 heterocycles. The number of hydrogen-bond acceptors (Lipinski definition) is 8. The number of methoxy groups -OCH3 is 1. The smallest absolute Gasteiger partial charge is 0.224 e. The maximum absolute atomic E-state index is 10.4. The van der Waals surface area contributed by atoms with Crippen LogP contribution in [0.15, 0.2) is 22.7 Å². The van der Waals surface area contributed by atoms with Gasteiger partial charge in [-0.05, 0) is 42.7 Å². The van der Waals surface area contributed by atoms with Crippen LogP contribution in [0.25, 0.3) is 22.3 Å². The number of pyridine rings is 1. The molecular formula is C27H37N5O3. The van der Waals surface area contributed by atoms with Crippen LogP contribution in [0.2, 0.25) is 0 Å². The van der Waals surface area contributed by atoms with Gasteiger partial charge in [0.1, 0.15) is 11.6 Å². The molecular weight excluding hydrogens is 442 g/mol. The average Bonchev–Trinajstić information content (AvgIpc) is 3.06. The van der Waals surface area contributed by atoms with E-state index in [4.69, 9.17) is 19.1 Å². The molecule has 3 aromatic rings. The molecule has 8 nitrogen and oxygen atoms in total. The number of anilines is 2. The first-order valence-corrected chi connectivity index (χ1v) is 12.5. The van der Waals surface area contributed by atoms with Gasteiger partial charge in [-0.3, -0.25) is 4.98 Å². The number of fused-ring (bicyclic) bond motifs is 2. The Kier molecular flexibility index (Phi) is 5.79. The van der Waals surface area contributed by atoms with Crippen LogP contribution in [0.5, 0.6) is 0 Å². The Balaban J connectivity index is 1.52. The Morgan fingerprint density at radius 1 is 1.26 bits per heavy atom. The highest BCUT2D eigenvalue weighted by Crippen LogP contribution is 2.66. The van der Waals surface area contributed by atoms with E-state index in [0.29, 0.717) is 35.7 Å². The summed E-state index contributed by atoms with van der Waals surface area (Å²) in [4.78, 5) is 14.1. The number of furan rings is 1. The fraction of sp³-hybridized carbons (Fsp3) is 0.593. The Morgan fingerprint density at radius 3 is 2.69 bits per heavy atom. The highest BCUT2D eigenvalue weighted by molar-refractivity contribution is 5.86. The first kappa shape index (κ1) is 24.0. The van der Waals surface area contributed by atoms with Gasteiger partial charge in [0, 0.05) is 30.5 Å². The van der Waals surface area contributed by atoms with E-state index < -0.39 is 0 Å². The minimum absolute atomic E-state index is 0.0179. The Hall–Kier alpha value is -2.71. The SMILES string of the molecule is COCc1cc2cc(-c3c(C)nc(NCC(C)(C)C)nc3NC3CC4C(O)C4(C)C3C)oc2cn1. The third-order valence-electron chi connectivity index (χ3n) is 7.99. The lowest BCUT2D eigenvalue weighted by Crippen LogP contribution is -2.31. The number of nitrogens with zero attached hydrogens (tertiary/aromatic N) is 3. The molecule has 5 rings (SSSR count). The zero-order chi connectivity index (χ0) is 25.1. The fourth-order valence-corrected chi connectivity index (χ4v) is 5.60. The van der Waals surface area contributed by atoms with Crippen molar-refractivity contribution in [2.24, 2.45) is 22.7 Å². The van der Waals surface area contributed by atoms with E-state index >= 15 is 0 Å². The van der Waals surface area contributed by atoms with Crippen molar-refractivity contribution in [3.63, 3.8) is 0 Å². The summed E-state index contributed by atoms with van der Waals surface area (Å²) in [5, 5.41) is 18.5. The highest BCUT2D eigenvalue weighted by Gasteiger charge is 2.69. The molecule has 0 saturated heterocycles. The van der Waals surface area contributed by atoms with Crippen LogP contribution in [0.1, 0.15) is 52.4 Å². The first-order valence-electron chi connectivity index (χ1n) is 12.5. The minimum Gasteiger partial charge on any atom is -0.454 e. The van der Waals surface area contributed by atoms with Crippen LogP contribution in [0.3, 0.4) is 0 Å². The molecule has 8 heteroatoms. The molecule has 3 N–H and O–H groups in total. The van der Waals surface area contributed by atoms with Crippen molar-refractivity contribution in [1.82, 2.24) is 15.0 Å². The Bertz CT molecular complexity index is 1250. The molecule has 2 aliphatic rings. The third kappa shape index (κ3) is 4.27. The summed E-state index contributed by atoms with van der Waals surface area (Å²) in [5.74, 6) is 2.74. The normalized spacial score (nSPS) is 27.8. The standard InChI is InChI=1S/C27H37N5O3/c1-14-19(10-18-23(33)27(14,18)6)31-24-22(15(2)30-25(32-24)29-13-26(3,4)5)20-9-16-8-17(12-34-7)28-11-21(16)35-20/h8-9,11,14,18-19,23,33H,10,12-13H2,1-7H3,(H2,29,30,31,32). The minimum atomic E-state index is -0.199. The van der Waals surface area contributed by atoms with Gasteiger partial charge in [0.15, 0.2) is 5.58 Å². The van der Waals surface area contributed by atoms with E-state index in [1.165, 1.54) is 0 Å². The molecule has 5 atom stereocenters. The molecule has 188 valence electrons. The van der Waals surface area contributed by atoms with Crippen LogP contribution in [-0.2, 0) is 11.3 Å². The van der Waals surface area contributed by atoms with Crippen molar-refractivity contribution in [2.75, 3.05) is 24.3 Å². The van der Waals surface area contributed by atoms with E-state index in [9.17, 15) is 5.11 Å². The van der Waals surface area contributed by atoms with E-state index in [1.54, 1.807) is 13.3 Å². The van der Waals surface area contributed by atoms with Crippen molar-refractivity contribution in [2.45, 2.75) is 66.7 Å². The maximum Gasteiger partial charge on any atom is 0.224 e. The first-order chi connectivity index (χ1) is 16.5. The molecule has 0 aliphatic heterocycles. The maximum atomic E-state index is 10.4. The fourth-order valence-electron chi connectivity index (χ4n) is 5.60. The van der Waals surface area contributed by atoms with E-state index in [1.807, 2.05) is 19.1 Å². The van der Waals surface area contributed by atoms with Gasteiger partial charge in [0.05, 0.1) is 35.9 Å². The van der Waals surface area contributed by atoms with Crippen molar-refractivity contribution < 1.29 is 14.3 Å². The summed E-state index contributed by atoms with van der Waals surface area (Å²) < 4.78 is 11.5. The topological polar surface area (TPSA) is 105 Å². The van der Waals surface area contributed by atoms with E-state index in [-0.39, 0.29) is 23.0 Å². The molecule has 0 radical (unpaired) electrons. The molecule has 0 aromatic carbocycles. The zero-order valence-corrected chi connectivity index (χ0v) is 21.8. The monoisotopic (exact) mass is 479 g/mol. The van der Waals surface area contributed by atoms with Crippen LogP contribution < -0.4 is 10.6 Å². The molecule has 0 bridgehead atoms. The second-order valence-corrected chi connectivity index (χ2v) is 11.7. The van der Waals surface area contributed by atoms with Crippen LogP contribution in [-0.4, -0.2) is 45.9 Å². The number of aromatic nitrogens is 3. The largest absolute Gasteiger partial charge is 0.454 e. The molecule has 0 amide bonds. The number of aliphatic hydroxyl groups excluding tert-OH is 1. The summed E-state index contributed by atoms with van der Waals surface area (Å²) in [6.07, 6.45) is 2.47. The van der Waals surface area contributed by atoms with E-state index in [0.717, 1.165) is 41.1 Å². The van der Waals surface area contributed by atoms with Gasteiger partial charge in [-0.1, -0.05) is 34.6 Å². The van der Waals surface area contributed by atoms with Crippen LogP contribution >= 0.6 is 0 Å². The van der Waals surface area contributed by atoms with Crippen molar-refractivity contribution in [1.29, 1.82) is 0 Å². The Morgan fingerprint density at radius 2 is 2.03 bits per heavy atom. The van der Waals surface area contributed by atoms with Gasteiger partial charge in [-0.25, -0.2) is 4.98 Å². The van der Waals surface area contributed by atoms with Gasteiger partial charge in [-0.15, -0.1) is 0 Å². The number of aliphatic hydroxyl groups is 1. The van der Waals surface area contributed by atoms with Crippen LogP contribution in [0, 0.1) is 29.6 Å². The van der Waals surface area contributed by atoms with Crippen LogP contribution in [0.4, 0.5) is 11.8 Å². The van der Waals surface area contributed by atoms with Crippen molar-refractivity contribution in [3.05, 3.63) is 29.7 Å². The molecule has 5 unspecified atom stereocenters.